The van der Waals surface area contributed by atoms with Crippen LogP contribution in [0.25, 0.3) is 0 Å². The Labute approximate surface area is 266 Å². The van der Waals surface area contributed by atoms with Gasteiger partial charge in [0.25, 0.3) is 10.0 Å². The number of carbonyl (C=O) groups excluding carboxylic acids is 2. The van der Waals surface area contributed by atoms with Gasteiger partial charge in [0, 0.05) is 18.7 Å². The van der Waals surface area contributed by atoms with E-state index in [0.717, 1.165) is 47.5 Å². The van der Waals surface area contributed by atoms with Crippen molar-refractivity contribution in [2.45, 2.75) is 69.5 Å². The lowest BCUT2D eigenvalue weighted by Crippen LogP contribution is -2.53. The van der Waals surface area contributed by atoms with Crippen molar-refractivity contribution in [2.75, 3.05) is 32.2 Å². The van der Waals surface area contributed by atoms with E-state index in [0.29, 0.717) is 17.2 Å². The third-order valence-electron chi connectivity index (χ3n) is 8.17. The van der Waals surface area contributed by atoms with Crippen molar-refractivity contribution in [3.8, 4) is 17.2 Å². The molecule has 0 bridgehead atoms. The summed E-state index contributed by atoms with van der Waals surface area (Å²) in [6.45, 7) is 3.14. The number of carbonyl (C=O) groups is 2. The molecular formula is C34H43N3O7S. The number of hydrogen-bond donors (Lipinski definition) is 1. The van der Waals surface area contributed by atoms with Gasteiger partial charge in [-0.3, -0.25) is 13.9 Å². The molecule has 3 aromatic rings. The number of rotatable bonds is 13. The molecule has 242 valence electrons. The molecule has 1 aliphatic rings. The van der Waals surface area contributed by atoms with Gasteiger partial charge < -0.3 is 24.4 Å². The van der Waals surface area contributed by atoms with Gasteiger partial charge in [-0.05, 0) is 68.7 Å². The van der Waals surface area contributed by atoms with Crippen LogP contribution in [0.1, 0.15) is 50.2 Å². The van der Waals surface area contributed by atoms with Crippen LogP contribution in [0.2, 0.25) is 0 Å². The second kappa shape index (κ2) is 15.2. The van der Waals surface area contributed by atoms with Crippen LogP contribution in [-0.2, 0) is 26.2 Å². The monoisotopic (exact) mass is 637 g/mol. The van der Waals surface area contributed by atoms with E-state index in [1.807, 2.05) is 19.1 Å². The summed E-state index contributed by atoms with van der Waals surface area (Å²) < 4.78 is 45.4. The number of ether oxygens (including phenoxy) is 3. The van der Waals surface area contributed by atoms with Gasteiger partial charge in [-0.2, -0.15) is 0 Å². The summed E-state index contributed by atoms with van der Waals surface area (Å²) in [6.07, 6.45) is 5.04. The molecular weight excluding hydrogens is 594 g/mol. The first-order valence-corrected chi connectivity index (χ1v) is 16.6. The Balaban J connectivity index is 1.70. The lowest BCUT2D eigenvalue weighted by atomic mass is 9.95. The molecule has 1 saturated carbocycles. The van der Waals surface area contributed by atoms with Crippen LogP contribution in [0.4, 0.5) is 5.69 Å². The van der Waals surface area contributed by atoms with E-state index in [1.54, 1.807) is 50.4 Å². The molecule has 4 rings (SSSR count). The van der Waals surface area contributed by atoms with Crippen LogP contribution in [0.3, 0.4) is 0 Å². The number of benzene rings is 3. The zero-order valence-corrected chi connectivity index (χ0v) is 27.4. The maximum Gasteiger partial charge on any atom is 0.264 e. The number of nitrogens with zero attached hydrogens (tertiary/aromatic N) is 2. The second-order valence-electron chi connectivity index (χ2n) is 11.3. The van der Waals surface area contributed by atoms with Crippen LogP contribution in [0.5, 0.6) is 17.2 Å². The molecule has 0 unspecified atom stereocenters. The molecule has 11 heteroatoms. The summed E-state index contributed by atoms with van der Waals surface area (Å²) in [5.41, 5.74) is 2.02. The first-order valence-electron chi connectivity index (χ1n) is 15.1. The van der Waals surface area contributed by atoms with Crippen LogP contribution in [0, 0.1) is 6.92 Å². The van der Waals surface area contributed by atoms with Gasteiger partial charge in [-0.1, -0.05) is 49.1 Å². The Morgan fingerprint density at radius 3 is 2.11 bits per heavy atom. The minimum Gasteiger partial charge on any atom is -0.497 e. The van der Waals surface area contributed by atoms with Crippen LogP contribution < -0.4 is 23.8 Å². The van der Waals surface area contributed by atoms with Crippen molar-refractivity contribution in [1.82, 2.24) is 10.2 Å². The van der Waals surface area contributed by atoms with E-state index in [9.17, 15) is 18.0 Å². The molecule has 0 heterocycles. The summed E-state index contributed by atoms with van der Waals surface area (Å²) in [5.74, 6) is 0.474. The van der Waals surface area contributed by atoms with Crippen molar-refractivity contribution < 1.29 is 32.2 Å². The summed E-state index contributed by atoms with van der Waals surface area (Å²) in [5, 5.41) is 3.12. The first kappa shape index (κ1) is 33.6. The zero-order chi connectivity index (χ0) is 32.6. The smallest absolute Gasteiger partial charge is 0.264 e. The Kier molecular flexibility index (Phi) is 11.3. The van der Waals surface area contributed by atoms with Gasteiger partial charge in [0.05, 0.1) is 31.9 Å². The molecule has 45 heavy (non-hydrogen) atoms. The normalized spacial score (nSPS) is 14.2. The highest BCUT2D eigenvalue weighted by Crippen LogP contribution is 2.32. The maximum atomic E-state index is 14.2. The van der Waals surface area contributed by atoms with E-state index in [1.165, 1.54) is 37.3 Å². The number of nitrogens with one attached hydrogen (secondary N) is 1. The SMILES string of the molecule is COc1ccc(CN(C(=O)CN(c2ccc(C)cc2)S(=O)(=O)c2ccc(OC)c(OC)c2)[C@@H](C)C(=O)NC2CCCCC2)cc1. The van der Waals surface area contributed by atoms with Gasteiger partial charge in [0.15, 0.2) is 11.5 Å². The number of hydrogen-bond acceptors (Lipinski definition) is 7. The molecule has 0 spiro atoms. The second-order valence-corrected chi connectivity index (χ2v) is 13.1. The molecule has 1 aliphatic carbocycles. The topological polar surface area (TPSA) is 114 Å². The predicted octanol–water partition coefficient (Wildman–Crippen LogP) is 5.08. The number of sulfonamides is 1. The molecule has 1 atom stereocenters. The zero-order valence-electron chi connectivity index (χ0n) is 26.6. The Bertz CT molecular complexity index is 1550. The lowest BCUT2D eigenvalue weighted by Gasteiger charge is -2.33. The lowest BCUT2D eigenvalue weighted by molar-refractivity contribution is -0.139. The van der Waals surface area contributed by atoms with Gasteiger partial charge in [-0.15, -0.1) is 0 Å². The fourth-order valence-electron chi connectivity index (χ4n) is 5.42. The molecule has 0 saturated heterocycles. The Morgan fingerprint density at radius 2 is 1.51 bits per heavy atom. The molecule has 10 nitrogen and oxygen atoms in total. The molecule has 2 amide bonds. The highest BCUT2D eigenvalue weighted by atomic mass is 32.2. The van der Waals surface area contributed by atoms with Crippen LogP contribution >= 0.6 is 0 Å². The molecule has 1 N–H and O–H groups in total. The third-order valence-corrected chi connectivity index (χ3v) is 9.94. The van der Waals surface area contributed by atoms with Crippen molar-refractivity contribution in [3.63, 3.8) is 0 Å². The van der Waals surface area contributed by atoms with E-state index in [2.05, 4.69) is 5.32 Å². The van der Waals surface area contributed by atoms with Crippen molar-refractivity contribution in [2.24, 2.45) is 0 Å². The number of aryl methyl sites for hydroxylation is 1. The standard InChI is InChI=1S/C34H43N3O7S/c1-24-11-15-28(16-12-24)37(45(40,41)30-19-20-31(43-4)32(21-30)44-5)23-33(38)36(22-26-13-17-29(42-3)18-14-26)25(2)34(39)35-27-9-7-6-8-10-27/h11-21,25,27H,6-10,22-23H2,1-5H3,(H,35,39)/t25-/m0/s1. The summed E-state index contributed by atoms with van der Waals surface area (Å²) >= 11 is 0. The fraction of sp³-hybridized carbons (Fsp3) is 0.412. The minimum absolute atomic E-state index is 0.0566. The third kappa shape index (κ3) is 8.27. The van der Waals surface area contributed by atoms with E-state index < -0.39 is 28.5 Å². The highest BCUT2D eigenvalue weighted by Gasteiger charge is 2.33. The van der Waals surface area contributed by atoms with E-state index in [-0.39, 0.29) is 29.1 Å². The van der Waals surface area contributed by atoms with Gasteiger partial charge >= 0.3 is 0 Å². The molecule has 1 fully saturated rings. The number of methoxy groups -OCH3 is 3. The Hall–Kier alpha value is -4.25. The fourth-order valence-corrected chi connectivity index (χ4v) is 6.85. The van der Waals surface area contributed by atoms with Crippen LogP contribution in [0.15, 0.2) is 71.6 Å². The molecule has 3 aromatic carbocycles. The predicted molar refractivity (Wildman–Crippen MR) is 173 cm³/mol. The average molecular weight is 638 g/mol. The van der Waals surface area contributed by atoms with Gasteiger partial charge in [0.2, 0.25) is 11.8 Å². The number of anilines is 1. The summed E-state index contributed by atoms with van der Waals surface area (Å²) in [6, 6.07) is 17.6. The Morgan fingerprint density at radius 1 is 0.867 bits per heavy atom. The summed E-state index contributed by atoms with van der Waals surface area (Å²) in [7, 11) is 0.188. The van der Waals surface area contributed by atoms with E-state index >= 15 is 0 Å². The molecule has 0 radical (unpaired) electrons. The van der Waals surface area contributed by atoms with Crippen molar-refractivity contribution >= 4 is 27.5 Å². The maximum absolute atomic E-state index is 14.2. The van der Waals surface area contributed by atoms with E-state index in [4.69, 9.17) is 14.2 Å². The largest absolute Gasteiger partial charge is 0.497 e. The van der Waals surface area contributed by atoms with Crippen molar-refractivity contribution in [3.05, 3.63) is 77.9 Å². The van der Waals surface area contributed by atoms with Gasteiger partial charge in [0.1, 0.15) is 18.3 Å². The summed E-state index contributed by atoms with van der Waals surface area (Å²) in [4.78, 5) is 29.1. The number of amides is 2. The molecule has 0 aromatic heterocycles. The van der Waals surface area contributed by atoms with Crippen LogP contribution in [-0.4, -0.2) is 65.1 Å². The highest BCUT2D eigenvalue weighted by molar-refractivity contribution is 7.92. The molecule has 0 aliphatic heterocycles. The van der Waals surface area contributed by atoms with Crippen molar-refractivity contribution in [1.29, 1.82) is 0 Å². The van der Waals surface area contributed by atoms with Gasteiger partial charge in [-0.25, -0.2) is 8.42 Å². The first-order chi connectivity index (χ1) is 21.6. The quantitative estimate of drug-likeness (QED) is 0.278. The minimum atomic E-state index is -4.27. The average Bonchev–Trinajstić information content (AvgIpc) is 3.06.